The van der Waals surface area contributed by atoms with Gasteiger partial charge in [-0.15, -0.1) is 10.2 Å². The van der Waals surface area contributed by atoms with Crippen LogP contribution in [0, 0.1) is 0 Å². The van der Waals surface area contributed by atoms with Crippen LogP contribution in [0.3, 0.4) is 0 Å². The van der Waals surface area contributed by atoms with E-state index in [4.69, 9.17) is 17.4 Å². The summed E-state index contributed by atoms with van der Waals surface area (Å²) < 4.78 is 1.39. The van der Waals surface area contributed by atoms with Crippen molar-refractivity contribution in [3.63, 3.8) is 0 Å². The molecule has 0 unspecified atom stereocenters. The Morgan fingerprint density at radius 1 is 1.50 bits per heavy atom. The monoisotopic (exact) mass is 341 g/mol. The first-order chi connectivity index (χ1) is 10.5. The molecule has 1 heterocycles. The third kappa shape index (κ3) is 4.05. The number of carbonyl (C=O) groups excluding carboxylic acids is 1. The average Bonchev–Trinajstić information content (AvgIpc) is 2.82. The number of aromatic nitrogens is 3. The molecule has 0 aliphatic carbocycles. The molecule has 1 aromatic heterocycles. The van der Waals surface area contributed by atoms with Crippen LogP contribution in [0.25, 0.3) is 0 Å². The zero-order valence-corrected chi connectivity index (χ0v) is 13.5. The number of amides is 1. The number of phenols is 1. The SMILES string of the molecule is CCCc1nnc(SCC(=O)Nc2cc(Cl)ccc2O)n1N. The van der Waals surface area contributed by atoms with Gasteiger partial charge in [0.25, 0.3) is 0 Å². The van der Waals surface area contributed by atoms with E-state index in [2.05, 4.69) is 15.5 Å². The molecule has 4 N–H and O–H groups in total. The predicted octanol–water partition coefficient (Wildman–Crippen LogP) is 2.03. The maximum absolute atomic E-state index is 11.9. The summed E-state index contributed by atoms with van der Waals surface area (Å²) in [4.78, 5) is 11.9. The number of phenolic OH excluding ortho intramolecular Hbond substituents is 1. The van der Waals surface area contributed by atoms with Crippen molar-refractivity contribution in [1.82, 2.24) is 14.9 Å². The second kappa shape index (κ2) is 7.37. The van der Waals surface area contributed by atoms with Crippen molar-refractivity contribution in [2.75, 3.05) is 16.9 Å². The molecular formula is C13H16ClN5O2S. The van der Waals surface area contributed by atoms with E-state index in [-0.39, 0.29) is 23.1 Å². The number of aryl methyl sites for hydroxylation is 1. The molecule has 0 fully saturated rings. The fourth-order valence-electron chi connectivity index (χ4n) is 1.72. The van der Waals surface area contributed by atoms with Gasteiger partial charge in [0.1, 0.15) is 5.75 Å². The Hall–Kier alpha value is -1.93. The summed E-state index contributed by atoms with van der Waals surface area (Å²) in [6, 6.07) is 4.43. The van der Waals surface area contributed by atoms with E-state index in [0.29, 0.717) is 16.0 Å². The number of rotatable bonds is 6. The summed E-state index contributed by atoms with van der Waals surface area (Å²) in [5, 5.41) is 21.0. The molecule has 0 saturated heterocycles. The van der Waals surface area contributed by atoms with E-state index in [1.54, 1.807) is 0 Å². The Morgan fingerprint density at radius 2 is 2.27 bits per heavy atom. The van der Waals surface area contributed by atoms with Crippen molar-refractivity contribution in [3.05, 3.63) is 29.0 Å². The normalized spacial score (nSPS) is 10.6. The molecule has 0 atom stereocenters. The van der Waals surface area contributed by atoms with Crippen molar-refractivity contribution < 1.29 is 9.90 Å². The number of aromatic hydroxyl groups is 1. The van der Waals surface area contributed by atoms with E-state index in [9.17, 15) is 9.90 Å². The second-order valence-electron chi connectivity index (χ2n) is 4.52. The molecule has 118 valence electrons. The summed E-state index contributed by atoms with van der Waals surface area (Å²) >= 11 is 6.99. The third-order valence-corrected chi connectivity index (χ3v) is 3.95. The third-order valence-electron chi connectivity index (χ3n) is 2.77. The van der Waals surface area contributed by atoms with E-state index < -0.39 is 0 Å². The van der Waals surface area contributed by atoms with Crippen LogP contribution >= 0.6 is 23.4 Å². The minimum absolute atomic E-state index is 0.0463. The van der Waals surface area contributed by atoms with Gasteiger partial charge in [0.05, 0.1) is 11.4 Å². The van der Waals surface area contributed by atoms with Crippen LogP contribution in [0.4, 0.5) is 5.69 Å². The van der Waals surface area contributed by atoms with Crippen molar-refractivity contribution in [1.29, 1.82) is 0 Å². The summed E-state index contributed by atoms with van der Waals surface area (Å²) in [7, 11) is 0. The lowest BCUT2D eigenvalue weighted by Gasteiger charge is -2.07. The molecule has 2 aromatic rings. The number of benzene rings is 1. The summed E-state index contributed by atoms with van der Waals surface area (Å²) in [5.41, 5.74) is 0.263. The van der Waals surface area contributed by atoms with Crippen LogP contribution in [0.1, 0.15) is 19.2 Å². The van der Waals surface area contributed by atoms with Crippen molar-refractivity contribution in [3.8, 4) is 5.75 Å². The lowest BCUT2D eigenvalue weighted by Crippen LogP contribution is -2.17. The van der Waals surface area contributed by atoms with Gasteiger partial charge in [0, 0.05) is 11.4 Å². The summed E-state index contributed by atoms with van der Waals surface area (Å²) in [5.74, 6) is 6.27. The molecule has 0 aliphatic rings. The molecule has 1 aromatic carbocycles. The van der Waals surface area contributed by atoms with Crippen molar-refractivity contribution in [2.24, 2.45) is 0 Å². The van der Waals surface area contributed by atoms with Crippen molar-refractivity contribution >= 4 is 35.0 Å². The van der Waals surface area contributed by atoms with Gasteiger partial charge < -0.3 is 16.3 Å². The molecule has 1 amide bonds. The lowest BCUT2D eigenvalue weighted by molar-refractivity contribution is -0.113. The van der Waals surface area contributed by atoms with Gasteiger partial charge in [-0.1, -0.05) is 30.3 Å². The van der Waals surface area contributed by atoms with Gasteiger partial charge in [0.2, 0.25) is 11.1 Å². The number of nitrogens with two attached hydrogens (primary N) is 1. The van der Waals surface area contributed by atoms with E-state index in [1.807, 2.05) is 6.92 Å². The molecular weight excluding hydrogens is 326 g/mol. The van der Waals surface area contributed by atoms with Gasteiger partial charge in [-0.25, -0.2) is 4.68 Å². The number of carbonyl (C=O) groups is 1. The summed E-state index contributed by atoms with van der Waals surface area (Å²) in [6.45, 7) is 2.02. The molecule has 7 nitrogen and oxygen atoms in total. The molecule has 0 radical (unpaired) electrons. The molecule has 0 spiro atoms. The van der Waals surface area contributed by atoms with Gasteiger partial charge >= 0.3 is 0 Å². The van der Waals surface area contributed by atoms with Crippen LogP contribution in [-0.4, -0.2) is 31.6 Å². The maximum Gasteiger partial charge on any atom is 0.234 e. The highest BCUT2D eigenvalue weighted by Crippen LogP contribution is 2.26. The molecule has 22 heavy (non-hydrogen) atoms. The number of thioether (sulfide) groups is 1. The first-order valence-corrected chi connectivity index (χ1v) is 7.98. The van der Waals surface area contributed by atoms with Crippen LogP contribution in [0.15, 0.2) is 23.4 Å². The zero-order valence-electron chi connectivity index (χ0n) is 11.9. The fourth-order valence-corrected chi connectivity index (χ4v) is 2.57. The van der Waals surface area contributed by atoms with E-state index >= 15 is 0 Å². The average molecular weight is 342 g/mol. The van der Waals surface area contributed by atoms with Crippen LogP contribution in [-0.2, 0) is 11.2 Å². The standard InChI is InChI=1S/C13H16ClN5O2S/c1-2-3-11-17-18-13(19(11)15)22-7-12(21)16-9-6-8(14)4-5-10(9)20/h4-6,20H,2-3,7,15H2,1H3,(H,16,21). The number of nitrogens with one attached hydrogen (secondary N) is 1. The first-order valence-electron chi connectivity index (χ1n) is 6.61. The van der Waals surface area contributed by atoms with Crippen LogP contribution in [0.2, 0.25) is 5.02 Å². The number of nitrogen functional groups attached to an aromatic ring is 1. The Balaban J connectivity index is 1.94. The zero-order chi connectivity index (χ0) is 16.1. The Bertz CT molecular complexity index is 676. The van der Waals surface area contributed by atoms with E-state index in [0.717, 1.165) is 12.8 Å². The second-order valence-corrected chi connectivity index (χ2v) is 5.90. The van der Waals surface area contributed by atoms with Crippen LogP contribution < -0.4 is 11.2 Å². The maximum atomic E-state index is 11.9. The van der Waals surface area contributed by atoms with Gasteiger partial charge in [0.15, 0.2) is 5.82 Å². The molecule has 0 saturated carbocycles. The fraction of sp³-hybridized carbons (Fsp3) is 0.308. The number of anilines is 1. The molecule has 0 aliphatic heterocycles. The summed E-state index contributed by atoms with van der Waals surface area (Å²) in [6.07, 6.45) is 1.64. The Morgan fingerprint density at radius 3 is 3.00 bits per heavy atom. The number of nitrogens with zero attached hydrogens (tertiary/aromatic N) is 3. The highest BCUT2D eigenvalue weighted by atomic mass is 35.5. The van der Waals surface area contributed by atoms with Gasteiger partial charge in [-0.05, 0) is 24.6 Å². The topological polar surface area (TPSA) is 106 Å². The number of halogens is 1. The highest BCUT2D eigenvalue weighted by molar-refractivity contribution is 7.99. The minimum Gasteiger partial charge on any atom is -0.506 e. The molecule has 2 rings (SSSR count). The largest absolute Gasteiger partial charge is 0.506 e. The first kappa shape index (κ1) is 16.4. The Labute approximate surface area is 136 Å². The van der Waals surface area contributed by atoms with Crippen molar-refractivity contribution in [2.45, 2.75) is 24.9 Å². The number of hydrogen-bond acceptors (Lipinski definition) is 6. The quantitative estimate of drug-likeness (QED) is 0.421. The number of hydrogen-bond donors (Lipinski definition) is 3. The lowest BCUT2D eigenvalue weighted by atomic mass is 10.3. The Kier molecular flexibility index (Phi) is 5.51. The van der Waals surface area contributed by atoms with Gasteiger partial charge in [-0.2, -0.15) is 0 Å². The van der Waals surface area contributed by atoms with Crippen LogP contribution in [0.5, 0.6) is 5.75 Å². The van der Waals surface area contributed by atoms with Gasteiger partial charge in [-0.3, -0.25) is 4.79 Å². The molecule has 9 heteroatoms. The minimum atomic E-state index is -0.303. The molecule has 0 bridgehead atoms. The van der Waals surface area contributed by atoms with E-state index in [1.165, 1.54) is 34.6 Å². The highest BCUT2D eigenvalue weighted by Gasteiger charge is 2.13. The smallest absolute Gasteiger partial charge is 0.234 e. The predicted molar refractivity (Wildman–Crippen MR) is 86.6 cm³/mol.